The van der Waals surface area contributed by atoms with Gasteiger partial charge in [0.05, 0.1) is 11.7 Å². The second-order valence-electron chi connectivity index (χ2n) is 4.60. The molecule has 0 fully saturated rings. The number of carbonyl (C=O) groups excluding carboxylic acids is 1. The SMILES string of the molecule is Cc1sc2ncn(CCC(=O)NCCN)c(=O)c2c1C. The molecule has 0 spiro atoms. The summed E-state index contributed by atoms with van der Waals surface area (Å²) in [6.07, 6.45) is 1.76. The molecule has 0 aromatic carbocycles. The average molecular weight is 294 g/mol. The van der Waals surface area contributed by atoms with Crippen molar-refractivity contribution >= 4 is 27.5 Å². The molecule has 0 aliphatic carbocycles. The second-order valence-corrected chi connectivity index (χ2v) is 5.80. The number of fused-ring (bicyclic) bond motifs is 1. The number of nitrogens with one attached hydrogen (secondary N) is 1. The van der Waals surface area contributed by atoms with Crippen molar-refractivity contribution in [2.24, 2.45) is 5.73 Å². The Balaban J connectivity index is 2.19. The van der Waals surface area contributed by atoms with Crippen LogP contribution in [-0.4, -0.2) is 28.5 Å². The summed E-state index contributed by atoms with van der Waals surface area (Å²) in [7, 11) is 0. The molecule has 0 aliphatic rings. The van der Waals surface area contributed by atoms with Crippen molar-refractivity contribution in [1.29, 1.82) is 0 Å². The summed E-state index contributed by atoms with van der Waals surface area (Å²) in [6.45, 7) is 5.09. The zero-order valence-corrected chi connectivity index (χ0v) is 12.4. The van der Waals surface area contributed by atoms with Crippen LogP contribution in [-0.2, 0) is 11.3 Å². The zero-order chi connectivity index (χ0) is 14.7. The maximum absolute atomic E-state index is 12.4. The van der Waals surface area contributed by atoms with E-state index in [1.807, 2.05) is 13.8 Å². The first-order chi connectivity index (χ1) is 9.54. The fourth-order valence-corrected chi connectivity index (χ4v) is 2.94. The van der Waals surface area contributed by atoms with Gasteiger partial charge in [-0.05, 0) is 19.4 Å². The van der Waals surface area contributed by atoms with E-state index < -0.39 is 0 Å². The van der Waals surface area contributed by atoms with Gasteiger partial charge in [0.15, 0.2) is 0 Å². The Morgan fingerprint density at radius 3 is 2.95 bits per heavy atom. The Morgan fingerprint density at radius 1 is 1.50 bits per heavy atom. The first kappa shape index (κ1) is 14.7. The molecular formula is C13H18N4O2S. The molecule has 7 heteroatoms. The molecule has 2 rings (SSSR count). The van der Waals surface area contributed by atoms with Crippen LogP contribution in [0.15, 0.2) is 11.1 Å². The molecule has 20 heavy (non-hydrogen) atoms. The normalized spacial score (nSPS) is 10.9. The molecule has 6 nitrogen and oxygen atoms in total. The third kappa shape index (κ3) is 2.88. The third-order valence-electron chi connectivity index (χ3n) is 3.20. The minimum Gasteiger partial charge on any atom is -0.355 e. The highest BCUT2D eigenvalue weighted by atomic mass is 32.1. The van der Waals surface area contributed by atoms with Crippen LogP contribution in [0.1, 0.15) is 16.9 Å². The summed E-state index contributed by atoms with van der Waals surface area (Å²) >= 11 is 1.52. The topological polar surface area (TPSA) is 90.0 Å². The number of amides is 1. The highest BCUT2D eigenvalue weighted by molar-refractivity contribution is 7.18. The third-order valence-corrected chi connectivity index (χ3v) is 4.32. The van der Waals surface area contributed by atoms with E-state index in [4.69, 9.17) is 5.73 Å². The largest absolute Gasteiger partial charge is 0.355 e. The van der Waals surface area contributed by atoms with Crippen molar-refractivity contribution in [1.82, 2.24) is 14.9 Å². The van der Waals surface area contributed by atoms with Gasteiger partial charge in [0.1, 0.15) is 4.83 Å². The Hall–Kier alpha value is -1.73. The van der Waals surface area contributed by atoms with Gasteiger partial charge in [0, 0.05) is 30.9 Å². The van der Waals surface area contributed by atoms with E-state index in [2.05, 4.69) is 10.3 Å². The van der Waals surface area contributed by atoms with E-state index >= 15 is 0 Å². The molecule has 0 saturated heterocycles. The fourth-order valence-electron chi connectivity index (χ4n) is 1.95. The summed E-state index contributed by atoms with van der Waals surface area (Å²) in [5.74, 6) is -0.110. The highest BCUT2D eigenvalue weighted by Crippen LogP contribution is 2.25. The van der Waals surface area contributed by atoms with Crippen LogP contribution in [0.4, 0.5) is 0 Å². The Bertz CT molecular complexity index is 689. The number of hydrogen-bond acceptors (Lipinski definition) is 5. The summed E-state index contributed by atoms with van der Waals surface area (Å²) in [6, 6.07) is 0. The van der Waals surface area contributed by atoms with Crippen molar-refractivity contribution in [2.45, 2.75) is 26.8 Å². The Labute approximate surface area is 120 Å². The van der Waals surface area contributed by atoms with Crippen molar-refractivity contribution in [3.8, 4) is 0 Å². The number of thiophene rings is 1. The lowest BCUT2D eigenvalue weighted by Crippen LogP contribution is -2.31. The molecule has 0 radical (unpaired) electrons. The predicted octanol–water partition coefficient (Wildman–Crippen LogP) is 0.540. The molecule has 0 unspecified atom stereocenters. The van der Waals surface area contributed by atoms with Crippen LogP contribution in [0.25, 0.3) is 10.2 Å². The van der Waals surface area contributed by atoms with Crippen LogP contribution in [0.5, 0.6) is 0 Å². The summed E-state index contributed by atoms with van der Waals surface area (Å²) in [5.41, 5.74) is 6.21. The molecule has 0 atom stereocenters. The van der Waals surface area contributed by atoms with Crippen LogP contribution in [0.2, 0.25) is 0 Å². The lowest BCUT2D eigenvalue weighted by molar-refractivity contribution is -0.121. The number of aryl methyl sites for hydroxylation is 3. The Morgan fingerprint density at radius 2 is 2.25 bits per heavy atom. The van der Waals surface area contributed by atoms with Crippen molar-refractivity contribution < 1.29 is 4.79 Å². The van der Waals surface area contributed by atoms with E-state index in [0.29, 0.717) is 25.0 Å². The molecule has 0 aliphatic heterocycles. The van der Waals surface area contributed by atoms with Gasteiger partial charge < -0.3 is 11.1 Å². The minimum absolute atomic E-state index is 0.0801. The quantitative estimate of drug-likeness (QED) is 0.842. The number of aromatic nitrogens is 2. The summed E-state index contributed by atoms with van der Waals surface area (Å²) in [4.78, 5) is 30.0. The van der Waals surface area contributed by atoms with E-state index in [9.17, 15) is 9.59 Å². The predicted molar refractivity (Wildman–Crippen MR) is 80.0 cm³/mol. The molecule has 0 saturated carbocycles. The van der Waals surface area contributed by atoms with Gasteiger partial charge in [0.2, 0.25) is 5.91 Å². The highest BCUT2D eigenvalue weighted by Gasteiger charge is 2.12. The van der Waals surface area contributed by atoms with Crippen LogP contribution < -0.4 is 16.6 Å². The summed E-state index contributed by atoms with van der Waals surface area (Å²) < 4.78 is 1.49. The van der Waals surface area contributed by atoms with Crippen molar-refractivity contribution in [3.63, 3.8) is 0 Å². The standard InChI is InChI=1S/C13H18N4O2S/c1-8-9(2)20-12-11(8)13(19)17(7-16-12)6-3-10(18)15-5-4-14/h7H,3-6,14H2,1-2H3,(H,15,18). The maximum atomic E-state index is 12.4. The lowest BCUT2D eigenvalue weighted by atomic mass is 10.2. The van der Waals surface area contributed by atoms with Crippen LogP contribution in [0, 0.1) is 13.8 Å². The molecule has 2 aromatic heterocycles. The first-order valence-corrected chi connectivity index (χ1v) is 7.28. The van der Waals surface area contributed by atoms with Gasteiger partial charge in [-0.25, -0.2) is 4.98 Å². The number of nitrogens with two attached hydrogens (primary N) is 1. The average Bonchev–Trinajstić information content (AvgIpc) is 2.72. The molecule has 3 N–H and O–H groups in total. The molecule has 108 valence electrons. The van der Waals surface area contributed by atoms with Gasteiger partial charge in [0.25, 0.3) is 5.56 Å². The molecule has 2 aromatic rings. The van der Waals surface area contributed by atoms with Crippen molar-refractivity contribution in [3.05, 3.63) is 27.1 Å². The number of rotatable bonds is 5. The second kappa shape index (κ2) is 6.15. The smallest absolute Gasteiger partial charge is 0.262 e. The van der Waals surface area contributed by atoms with E-state index in [0.717, 1.165) is 15.3 Å². The summed E-state index contributed by atoms with van der Waals surface area (Å²) in [5, 5.41) is 3.34. The van der Waals surface area contributed by atoms with Crippen molar-refractivity contribution in [2.75, 3.05) is 13.1 Å². The first-order valence-electron chi connectivity index (χ1n) is 6.46. The molecular weight excluding hydrogens is 276 g/mol. The van der Waals surface area contributed by atoms with E-state index in [1.54, 1.807) is 0 Å². The van der Waals surface area contributed by atoms with Gasteiger partial charge >= 0.3 is 0 Å². The van der Waals surface area contributed by atoms with Gasteiger partial charge in [-0.15, -0.1) is 11.3 Å². The number of nitrogens with zero attached hydrogens (tertiary/aromatic N) is 2. The minimum atomic E-state index is -0.110. The van der Waals surface area contributed by atoms with Gasteiger partial charge in [-0.3, -0.25) is 14.2 Å². The van der Waals surface area contributed by atoms with Gasteiger partial charge in [-0.2, -0.15) is 0 Å². The monoisotopic (exact) mass is 294 g/mol. The van der Waals surface area contributed by atoms with Crippen LogP contribution >= 0.6 is 11.3 Å². The molecule has 1 amide bonds. The van der Waals surface area contributed by atoms with E-state index in [1.165, 1.54) is 22.2 Å². The molecule has 2 heterocycles. The van der Waals surface area contributed by atoms with E-state index in [-0.39, 0.29) is 17.9 Å². The van der Waals surface area contributed by atoms with Gasteiger partial charge in [-0.1, -0.05) is 0 Å². The fraction of sp³-hybridized carbons (Fsp3) is 0.462. The lowest BCUT2D eigenvalue weighted by Gasteiger charge is -2.06. The molecule has 0 bridgehead atoms. The Kier molecular flexibility index (Phi) is 4.51. The number of carbonyl (C=O) groups is 1. The van der Waals surface area contributed by atoms with Crippen LogP contribution in [0.3, 0.4) is 0 Å². The number of hydrogen-bond donors (Lipinski definition) is 2. The zero-order valence-electron chi connectivity index (χ0n) is 11.6. The maximum Gasteiger partial charge on any atom is 0.262 e.